The van der Waals surface area contributed by atoms with E-state index in [1.165, 1.54) is 0 Å². The van der Waals surface area contributed by atoms with E-state index >= 15 is 0 Å². The highest BCUT2D eigenvalue weighted by atomic mass is 35.5. The third-order valence-electron chi connectivity index (χ3n) is 2.58. The van der Waals surface area contributed by atoms with Crippen LogP contribution in [-0.2, 0) is 6.54 Å². The third-order valence-corrected chi connectivity index (χ3v) is 2.83. The van der Waals surface area contributed by atoms with Gasteiger partial charge in [0, 0.05) is 11.6 Å². The minimum atomic E-state index is 0.586. The minimum Gasteiger partial charge on any atom is -0.397 e. The Kier molecular flexibility index (Phi) is 3.71. The van der Waals surface area contributed by atoms with Crippen LogP contribution in [0, 0.1) is 11.3 Å². The van der Waals surface area contributed by atoms with Crippen LogP contribution in [0.1, 0.15) is 11.1 Å². The van der Waals surface area contributed by atoms with Gasteiger partial charge in [-0.15, -0.1) is 0 Å². The lowest BCUT2D eigenvalue weighted by Crippen LogP contribution is -2.02. The summed E-state index contributed by atoms with van der Waals surface area (Å²) in [6, 6.07) is 14.8. The van der Waals surface area contributed by atoms with Crippen LogP contribution in [0.3, 0.4) is 0 Å². The number of nitriles is 1. The third kappa shape index (κ3) is 2.93. The van der Waals surface area contributed by atoms with Gasteiger partial charge < -0.3 is 11.1 Å². The maximum Gasteiger partial charge on any atom is 0.0992 e. The maximum absolute atomic E-state index is 8.84. The van der Waals surface area contributed by atoms with Gasteiger partial charge in [-0.1, -0.05) is 23.7 Å². The van der Waals surface area contributed by atoms with Crippen LogP contribution >= 0.6 is 11.6 Å². The molecule has 90 valence electrons. The first-order chi connectivity index (χ1) is 8.69. The number of nitrogens with zero attached hydrogens (tertiary/aromatic N) is 1. The number of anilines is 2. The smallest absolute Gasteiger partial charge is 0.0992 e. The fourth-order valence-corrected chi connectivity index (χ4v) is 1.70. The zero-order valence-corrected chi connectivity index (χ0v) is 10.4. The molecule has 0 aliphatic carbocycles. The monoisotopic (exact) mass is 257 g/mol. The average Bonchev–Trinajstić information content (AvgIpc) is 2.40. The lowest BCUT2D eigenvalue weighted by Gasteiger charge is -2.09. The summed E-state index contributed by atoms with van der Waals surface area (Å²) >= 11 is 5.82. The topological polar surface area (TPSA) is 61.8 Å². The number of nitrogens with one attached hydrogen (secondary N) is 1. The number of rotatable bonds is 3. The molecule has 0 fully saturated rings. The van der Waals surface area contributed by atoms with E-state index < -0.39 is 0 Å². The van der Waals surface area contributed by atoms with Crippen molar-refractivity contribution in [2.45, 2.75) is 6.54 Å². The lowest BCUT2D eigenvalue weighted by atomic mass is 10.1. The molecule has 0 spiro atoms. The average molecular weight is 258 g/mol. The molecule has 2 rings (SSSR count). The highest BCUT2D eigenvalue weighted by molar-refractivity contribution is 6.30. The van der Waals surface area contributed by atoms with Gasteiger partial charge in [0.15, 0.2) is 0 Å². The molecule has 2 aromatic rings. The molecule has 4 heteroatoms. The molecule has 0 aliphatic heterocycles. The highest BCUT2D eigenvalue weighted by Crippen LogP contribution is 2.20. The summed E-state index contributed by atoms with van der Waals surface area (Å²) < 4.78 is 0. The Morgan fingerprint density at radius 1 is 1.17 bits per heavy atom. The number of benzene rings is 2. The number of nitrogens with two attached hydrogens (primary N) is 1. The number of hydrogen-bond donors (Lipinski definition) is 2. The predicted octanol–water partition coefficient (Wildman–Crippen LogP) is 3.41. The quantitative estimate of drug-likeness (QED) is 0.829. The van der Waals surface area contributed by atoms with E-state index in [9.17, 15) is 0 Å². The van der Waals surface area contributed by atoms with Gasteiger partial charge in [0.2, 0.25) is 0 Å². The molecule has 0 unspecified atom stereocenters. The van der Waals surface area contributed by atoms with Gasteiger partial charge in [-0.3, -0.25) is 0 Å². The summed E-state index contributed by atoms with van der Waals surface area (Å²) in [5.74, 6) is 0. The van der Waals surface area contributed by atoms with Gasteiger partial charge >= 0.3 is 0 Å². The van der Waals surface area contributed by atoms with Crippen LogP contribution < -0.4 is 11.1 Å². The molecule has 0 amide bonds. The number of nitrogen functional groups attached to an aromatic ring is 1. The van der Waals surface area contributed by atoms with Gasteiger partial charge in [-0.05, 0) is 35.9 Å². The zero-order valence-electron chi connectivity index (χ0n) is 9.65. The van der Waals surface area contributed by atoms with E-state index in [0.717, 1.165) is 11.3 Å². The Bertz CT molecular complexity index is 585. The Morgan fingerprint density at radius 3 is 2.56 bits per heavy atom. The zero-order chi connectivity index (χ0) is 13.0. The van der Waals surface area contributed by atoms with Gasteiger partial charge in [0.05, 0.1) is 23.0 Å². The first-order valence-electron chi connectivity index (χ1n) is 5.47. The molecule has 2 aromatic carbocycles. The van der Waals surface area contributed by atoms with Crippen molar-refractivity contribution in [2.75, 3.05) is 11.1 Å². The summed E-state index contributed by atoms with van der Waals surface area (Å²) in [6.45, 7) is 0.635. The van der Waals surface area contributed by atoms with Crippen molar-refractivity contribution in [2.24, 2.45) is 0 Å². The first-order valence-corrected chi connectivity index (χ1v) is 5.85. The molecule has 3 nitrogen and oxygen atoms in total. The Morgan fingerprint density at radius 2 is 1.89 bits per heavy atom. The molecule has 0 heterocycles. The summed E-state index contributed by atoms with van der Waals surface area (Å²) in [7, 11) is 0. The molecule has 0 aromatic heterocycles. The fourth-order valence-electron chi connectivity index (χ4n) is 1.58. The second-order valence-electron chi connectivity index (χ2n) is 3.89. The SMILES string of the molecule is N#Cc1ccc(N)c(NCc2ccc(Cl)cc2)c1. The molecular formula is C14H12ClN3. The van der Waals surface area contributed by atoms with E-state index in [4.69, 9.17) is 22.6 Å². The Balaban J connectivity index is 2.10. The number of hydrogen-bond acceptors (Lipinski definition) is 3. The Labute approximate surface area is 111 Å². The molecule has 18 heavy (non-hydrogen) atoms. The van der Waals surface area contributed by atoms with Gasteiger partial charge in [0.25, 0.3) is 0 Å². The molecule has 0 radical (unpaired) electrons. The van der Waals surface area contributed by atoms with E-state index in [-0.39, 0.29) is 0 Å². The Hall–Kier alpha value is -2.18. The molecule has 0 saturated carbocycles. The number of halogens is 1. The standard InChI is InChI=1S/C14H12ClN3/c15-12-4-1-10(2-5-12)9-18-14-7-11(8-16)3-6-13(14)17/h1-7,18H,9,17H2. The van der Waals surface area contributed by atoms with Crippen LogP contribution in [0.4, 0.5) is 11.4 Å². The van der Waals surface area contributed by atoms with E-state index in [2.05, 4.69) is 11.4 Å². The lowest BCUT2D eigenvalue weighted by molar-refractivity contribution is 1.15. The van der Waals surface area contributed by atoms with Gasteiger partial charge in [-0.25, -0.2) is 0 Å². The van der Waals surface area contributed by atoms with E-state index in [1.54, 1.807) is 18.2 Å². The summed E-state index contributed by atoms with van der Waals surface area (Å²) in [6.07, 6.45) is 0. The second kappa shape index (κ2) is 5.44. The normalized spacial score (nSPS) is 9.78. The van der Waals surface area contributed by atoms with Gasteiger partial charge in [-0.2, -0.15) is 5.26 Å². The van der Waals surface area contributed by atoms with Crippen molar-refractivity contribution < 1.29 is 0 Å². The molecule has 0 saturated heterocycles. The van der Waals surface area contributed by atoms with Crippen molar-refractivity contribution in [1.29, 1.82) is 5.26 Å². The highest BCUT2D eigenvalue weighted by Gasteiger charge is 2.01. The summed E-state index contributed by atoms with van der Waals surface area (Å²) in [4.78, 5) is 0. The minimum absolute atomic E-state index is 0.586. The molecule has 0 aliphatic rings. The largest absolute Gasteiger partial charge is 0.397 e. The van der Waals surface area contributed by atoms with Crippen LogP contribution in [-0.4, -0.2) is 0 Å². The molecule has 0 atom stereocenters. The van der Waals surface area contributed by atoms with Crippen molar-refractivity contribution >= 4 is 23.0 Å². The molecular weight excluding hydrogens is 246 g/mol. The van der Waals surface area contributed by atoms with Crippen molar-refractivity contribution in [3.63, 3.8) is 0 Å². The summed E-state index contributed by atoms with van der Waals surface area (Å²) in [5.41, 5.74) is 8.92. The van der Waals surface area contributed by atoms with E-state index in [0.29, 0.717) is 22.8 Å². The second-order valence-corrected chi connectivity index (χ2v) is 4.33. The van der Waals surface area contributed by atoms with E-state index in [1.807, 2.05) is 24.3 Å². The van der Waals surface area contributed by atoms with Crippen molar-refractivity contribution in [1.82, 2.24) is 0 Å². The first kappa shape index (κ1) is 12.3. The molecule has 0 bridgehead atoms. The van der Waals surface area contributed by atoms with Crippen molar-refractivity contribution in [3.8, 4) is 6.07 Å². The van der Waals surface area contributed by atoms with Crippen molar-refractivity contribution in [3.05, 3.63) is 58.6 Å². The van der Waals surface area contributed by atoms with Gasteiger partial charge in [0.1, 0.15) is 0 Å². The summed E-state index contributed by atoms with van der Waals surface area (Å²) in [5, 5.41) is 12.8. The van der Waals surface area contributed by atoms with Crippen LogP contribution in [0.15, 0.2) is 42.5 Å². The van der Waals surface area contributed by atoms with Crippen LogP contribution in [0.5, 0.6) is 0 Å². The maximum atomic E-state index is 8.84. The predicted molar refractivity (Wildman–Crippen MR) is 74.3 cm³/mol. The fraction of sp³-hybridized carbons (Fsp3) is 0.0714. The van der Waals surface area contributed by atoms with Crippen LogP contribution in [0.25, 0.3) is 0 Å². The van der Waals surface area contributed by atoms with Crippen LogP contribution in [0.2, 0.25) is 5.02 Å². The molecule has 3 N–H and O–H groups in total.